The highest BCUT2D eigenvalue weighted by atomic mass is 35.5. The predicted molar refractivity (Wildman–Crippen MR) is 113 cm³/mol. The summed E-state index contributed by atoms with van der Waals surface area (Å²) >= 11 is 6.14. The molecule has 1 N–H and O–H groups in total. The lowest BCUT2D eigenvalue weighted by atomic mass is 9.88. The van der Waals surface area contributed by atoms with Gasteiger partial charge in [0.1, 0.15) is 0 Å². The molecule has 146 valence electrons. The third-order valence-corrected chi connectivity index (χ3v) is 5.75. The number of ketones is 1. The normalized spacial score (nSPS) is 18.0. The first-order chi connectivity index (χ1) is 13.9. The molecule has 4 rings (SSSR count). The monoisotopic (exact) mass is 405 g/mol. The average Bonchev–Trinajstić information content (AvgIpc) is 2.92. The van der Waals surface area contributed by atoms with Crippen LogP contribution in [0.4, 0.5) is 5.69 Å². The summed E-state index contributed by atoms with van der Waals surface area (Å²) in [4.78, 5) is 27.8. The van der Waals surface area contributed by atoms with Gasteiger partial charge >= 0.3 is 0 Å². The number of fused-ring (bicyclic) bond motifs is 1. The third-order valence-electron chi connectivity index (χ3n) is 5.42. The van der Waals surface area contributed by atoms with Crippen molar-refractivity contribution >= 4 is 29.0 Å². The molecule has 0 spiro atoms. The Morgan fingerprint density at radius 1 is 1.00 bits per heavy atom. The fourth-order valence-electron chi connectivity index (χ4n) is 3.81. The second-order valence-corrected chi connectivity index (χ2v) is 7.68. The predicted octanol–water partition coefficient (Wildman–Crippen LogP) is 4.66. The summed E-state index contributed by atoms with van der Waals surface area (Å²) < 4.78 is 0. The first-order valence-corrected chi connectivity index (χ1v) is 9.75. The van der Waals surface area contributed by atoms with Crippen LogP contribution in [-0.4, -0.2) is 16.8 Å². The Labute approximate surface area is 174 Å². The summed E-state index contributed by atoms with van der Waals surface area (Å²) in [7, 11) is 0. The summed E-state index contributed by atoms with van der Waals surface area (Å²) in [6, 6.07) is 21.5. The van der Waals surface area contributed by atoms with Gasteiger partial charge in [-0.3, -0.25) is 9.59 Å². The lowest BCUT2D eigenvalue weighted by molar-refractivity contribution is -0.136. The van der Waals surface area contributed by atoms with Gasteiger partial charge in [0.05, 0.1) is 23.7 Å². The summed E-state index contributed by atoms with van der Waals surface area (Å²) in [5.74, 6) is -0.874. The molecule has 1 amide bonds. The van der Waals surface area contributed by atoms with Crippen LogP contribution in [0.25, 0.3) is 0 Å². The number of para-hydroxylation sites is 1. The van der Waals surface area contributed by atoms with Gasteiger partial charge in [-0.15, -0.1) is 0 Å². The van der Waals surface area contributed by atoms with E-state index in [2.05, 4.69) is 0 Å². The number of halogens is 1. The highest BCUT2D eigenvalue weighted by Crippen LogP contribution is 2.43. The number of carbonyl (C=O) groups excluding carboxylic acids is 2. The van der Waals surface area contributed by atoms with Gasteiger partial charge in [-0.2, -0.15) is 0 Å². The smallest absolute Gasteiger partial charge is 0.264 e. The molecule has 1 atom stereocenters. The van der Waals surface area contributed by atoms with Crippen molar-refractivity contribution in [1.29, 1.82) is 0 Å². The van der Waals surface area contributed by atoms with E-state index in [9.17, 15) is 14.7 Å². The van der Waals surface area contributed by atoms with Gasteiger partial charge in [0.25, 0.3) is 5.91 Å². The van der Waals surface area contributed by atoms with Crippen LogP contribution in [0.1, 0.15) is 33.5 Å². The van der Waals surface area contributed by atoms with Crippen LogP contribution < -0.4 is 4.90 Å². The first-order valence-electron chi connectivity index (χ1n) is 9.38. The Morgan fingerprint density at radius 2 is 1.66 bits per heavy atom. The van der Waals surface area contributed by atoms with Gasteiger partial charge in [0, 0.05) is 11.1 Å². The summed E-state index contributed by atoms with van der Waals surface area (Å²) in [6.45, 7) is 2.31. The standard InChI is InChI=1S/C24H20ClNO3/c1-16-8-2-3-9-17(16)15-26-21-13-7-5-11-19(21)24(29,23(26)28)14-22(27)18-10-4-6-12-20(18)25/h2-13,29H,14-15H2,1H3/t24-/m0/s1. The molecule has 1 heterocycles. The highest BCUT2D eigenvalue weighted by molar-refractivity contribution is 6.34. The minimum absolute atomic E-state index is 0.297. The zero-order valence-corrected chi connectivity index (χ0v) is 16.7. The van der Waals surface area contributed by atoms with E-state index in [-0.39, 0.29) is 12.2 Å². The van der Waals surface area contributed by atoms with Crippen molar-refractivity contribution in [2.45, 2.75) is 25.5 Å². The van der Waals surface area contributed by atoms with Crippen LogP contribution in [0.3, 0.4) is 0 Å². The fourth-order valence-corrected chi connectivity index (χ4v) is 4.05. The van der Waals surface area contributed by atoms with Crippen LogP contribution in [0.2, 0.25) is 5.02 Å². The highest BCUT2D eigenvalue weighted by Gasteiger charge is 2.50. The number of hydrogen-bond donors (Lipinski definition) is 1. The quantitative estimate of drug-likeness (QED) is 0.628. The molecular formula is C24H20ClNO3. The van der Waals surface area contributed by atoms with Gasteiger partial charge in [0.2, 0.25) is 0 Å². The van der Waals surface area contributed by atoms with E-state index in [1.54, 1.807) is 47.4 Å². The van der Waals surface area contributed by atoms with Crippen LogP contribution in [-0.2, 0) is 16.9 Å². The van der Waals surface area contributed by atoms with Crippen LogP contribution >= 0.6 is 11.6 Å². The second kappa shape index (κ2) is 7.47. The number of carbonyl (C=O) groups is 2. The Bertz CT molecular complexity index is 1110. The summed E-state index contributed by atoms with van der Waals surface area (Å²) in [5, 5.41) is 11.7. The van der Waals surface area contributed by atoms with E-state index in [1.165, 1.54) is 0 Å². The molecule has 0 aromatic heterocycles. The number of hydrogen-bond acceptors (Lipinski definition) is 3. The van der Waals surface area contributed by atoms with Crippen molar-refractivity contribution in [3.8, 4) is 0 Å². The SMILES string of the molecule is Cc1ccccc1CN1C(=O)[C@](O)(CC(=O)c2ccccc2Cl)c2ccccc21. The maximum Gasteiger partial charge on any atom is 0.264 e. The maximum atomic E-state index is 13.3. The Morgan fingerprint density at radius 3 is 2.41 bits per heavy atom. The maximum absolute atomic E-state index is 13.3. The molecule has 0 aliphatic carbocycles. The Balaban J connectivity index is 1.71. The van der Waals surface area contributed by atoms with Gasteiger partial charge < -0.3 is 10.0 Å². The molecule has 3 aromatic carbocycles. The Hall–Kier alpha value is -2.95. The number of aliphatic hydroxyl groups is 1. The largest absolute Gasteiger partial charge is 0.375 e. The number of benzene rings is 3. The average molecular weight is 406 g/mol. The molecule has 4 nitrogen and oxygen atoms in total. The van der Waals surface area contributed by atoms with Crippen LogP contribution in [0.15, 0.2) is 72.8 Å². The molecule has 0 unspecified atom stereocenters. The number of Topliss-reactive ketones (excluding diaryl/α,β-unsaturated/α-hetero) is 1. The van der Waals surface area contributed by atoms with Crippen LogP contribution in [0.5, 0.6) is 0 Å². The van der Waals surface area contributed by atoms with Crippen molar-refractivity contribution < 1.29 is 14.7 Å². The lowest BCUT2D eigenvalue weighted by Crippen LogP contribution is -2.41. The molecule has 0 saturated heterocycles. The van der Waals surface area contributed by atoms with Crippen molar-refractivity contribution in [2.75, 3.05) is 4.90 Å². The first kappa shape index (κ1) is 19.4. The van der Waals surface area contributed by atoms with Crippen molar-refractivity contribution in [3.05, 3.63) is 100 Å². The molecule has 29 heavy (non-hydrogen) atoms. The second-order valence-electron chi connectivity index (χ2n) is 7.28. The van der Waals surface area contributed by atoms with E-state index < -0.39 is 11.5 Å². The number of anilines is 1. The number of amides is 1. The number of nitrogens with zero attached hydrogens (tertiary/aromatic N) is 1. The Kier molecular flexibility index (Phi) is 4.99. The van der Waals surface area contributed by atoms with Crippen molar-refractivity contribution in [3.63, 3.8) is 0 Å². The summed E-state index contributed by atoms with van der Waals surface area (Å²) in [5.41, 5.74) is 1.48. The van der Waals surface area contributed by atoms with Gasteiger partial charge in [0.15, 0.2) is 11.4 Å². The molecule has 1 aliphatic heterocycles. The van der Waals surface area contributed by atoms with Crippen LogP contribution in [0, 0.1) is 6.92 Å². The van der Waals surface area contributed by atoms with E-state index in [0.29, 0.717) is 28.4 Å². The van der Waals surface area contributed by atoms with Gasteiger partial charge in [-0.05, 0) is 36.2 Å². The molecule has 1 aliphatic rings. The fraction of sp³-hybridized carbons (Fsp3) is 0.167. The van der Waals surface area contributed by atoms with E-state index in [4.69, 9.17) is 11.6 Å². The van der Waals surface area contributed by atoms with E-state index >= 15 is 0 Å². The number of aryl methyl sites for hydroxylation is 1. The lowest BCUT2D eigenvalue weighted by Gasteiger charge is -2.23. The zero-order valence-electron chi connectivity index (χ0n) is 15.9. The van der Waals surface area contributed by atoms with Crippen molar-refractivity contribution in [2.24, 2.45) is 0 Å². The van der Waals surface area contributed by atoms with E-state index in [1.807, 2.05) is 37.3 Å². The van der Waals surface area contributed by atoms with Gasteiger partial charge in [-0.25, -0.2) is 0 Å². The molecule has 5 heteroatoms. The minimum atomic E-state index is -1.92. The third kappa shape index (κ3) is 3.35. The van der Waals surface area contributed by atoms with Gasteiger partial charge in [-0.1, -0.05) is 66.2 Å². The molecule has 0 bridgehead atoms. The molecular weight excluding hydrogens is 386 g/mol. The van der Waals surface area contributed by atoms with E-state index in [0.717, 1.165) is 11.1 Å². The molecule has 0 saturated carbocycles. The zero-order chi connectivity index (χ0) is 20.6. The topological polar surface area (TPSA) is 57.6 Å². The molecule has 3 aromatic rings. The molecule has 0 fully saturated rings. The number of rotatable bonds is 5. The van der Waals surface area contributed by atoms with Crippen molar-refractivity contribution in [1.82, 2.24) is 0 Å². The molecule has 0 radical (unpaired) electrons. The summed E-state index contributed by atoms with van der Waals surface area (Å²) in [6.07, 6.45) is -0.364. The minimum Gasteiger partial charge on any atom is -0.375 e.